The number of hydrogen-bond acceptors (Lipinski definition) is 2. The van der Waals surface area contributed by atoms with Crippen molar-refractivity contribution in [2.75, 3.05) is 0 Å². The van der Waals surface area contributed by atoms with Gasteiger partial charge in [0.05, 0.1) is 0 Å². The molecule has 0 aliphatic carbocycles. The van der Waals surface area contributed by atoms with Crippen molar-refractivity contribution in [2.45, 2.75) is 12.5 Å². The molecule has 0 saturated heterocycles. The molecular weight excluding hydrogens is 188 g/mol. The summed E-state index contributed by atoms with van der Waals surface area (Å²) in [5.74, 6) is -0.260. The normalized spacial score (nSPS) is 20.5. The molecule has 2 rings (SSSR count). The minimum atomic E-state index is -0.260. The molecule has 0 aromatic heterocycles. The summed E-state index contributed by atoms with van der Waals surface area (Å²) in [7, 11) is 0. The van der Waals surface area contributed by atoms with Crippen molar-refractivity contribution in [3.63, 3.8) is 0 Å². The fourth-order valence-electron chi connectivity index (χ4n) is 1.44. The van der Waals surface area contributed by atoms with Crippen molar-refractivity contribution < 1.29 is 9.53 Å². The molecule has 1 aliphatic heterocycles. The number of cyclic esters (lactones) is 1. The molecule has 0 saturated carbocycles. The van der Waals surface area contributed by atoms with Crippen LogP contribution in [0.4, 0.5) is 0 Å². The zero-order valence-corrected chi connectivity index (χ0v) is 8.30. The molecule has 2 nitrogen and oxygen atoms in total. The summed E-state index contributed by atoms with van der Waals surface area (Å²) >= 11 is 0. The standard InChI is InChI=1S/C13H12O2/c14-13-8-4-7-12(15-13)10-9-11-5-2-1-3-6-11/h1-6,8-10,12H,7H2/b10-9-. The average molecular weight is 200 g/mol. The molecule has 1 heterocycles. The molecule has 0 bridgehead atoms. The molecule has 2 heteroatoms. The predicted octanol–water partition coefficient (Wildman–Crippen LogP) is 2.57. The van der Waals surface area contributed by atoms with Gasteiger partial charge in [0.15, 0.2) is 0 Å². The summed E-state index contributed by atoms with van der Waals surface area (Å²) in [4.78, 5) is 10.9. The Morgan fingerprint density at radius 2 is 2.07 bits per heavy atom. The molecule has 0 N–H and O–H groups in total. The van der Waals surface area contributed by atoms with E-state index >= 15 is 0 Å². The first-order chi connectivity index (χ1) is 7.34. The van der Waals surface area contributed by atoms with E-state index in [1.165, 1.54) is 6.08 Å². The number of carbonyl (C=O) groups is 1. The number of rotatable bonds is 2. The summed E-state index contributed by atoms with van der Waals surface area (Å²) in [6, 6.07) is 9.95. The Morgan fingerprint density at radius 1 is 1.27 bits per heavy atom. The van der Waals surface area contributed by atoms with Gasteiger partial charge in [-0.25, -0.2) is 4.79 Å². The van der Waals surface area contributed by atoms with E-state index < -0.39 is 0 Å². The quantitative estimate of drug-likeness (QED) is 0.686. The van der Waals surface area contributed by atoms with Crippen molar-refractivity contribution >= 4 is 12.0 Å². The maximum absolute atomic E-state index is 10.9. The van der Waals surface area contributed by atoms with Gasteiger partial charge in [-0.15, -0.1) is 0 Å². The molecule has 0 spiro atoms. The van der Waals surface area contributed by atoms with Gasteiger partial charge in [0, 0.05) is 12.5 Å². The van der Waals surface area contributed by atoms with Crippen molar-refractivity contribution in [3.05, 3.63) is 54.1 Å². The second-order valence-electron chi connectivity index (χ2n) is 3.38. The Balaban J connectivity index is 2.00. The van der Waals surface area contributed by atoms with Crippen LogP contribution in [0, 0.1) is 0 Å². The number of ether oxygens (including phenoxy) is 1. The maximum Gasteiger partial charge on any atom is 0.331 e. The molecule has 0 radical (unpaired) electrons. The van der Waals surface area contributed by atoms with Crippen LogP contribution in [0.1, 0.15) is 12.0 Å². The third-order valence-electron chi connectivity index (χ3n) is 2.19. The third-order valence-corrected chi connectivity index (χ3v) is 2.19. The lowest BCUT2D eigenvalue weighted by atomic mass is 10.1. The molecular formula is C13H12O2. The van der Waals surface area contributed by atoms with Gasteiger partial charge in [-0.05, 0) is 11.6 Å². The molecule has 1 aromatic carbocycles. The van der Waals surface area contributed by atoms with Crippen LogP contribution < -0.4 is 0 Å². The lowest BCUT2D eigenvalue weighted by Gasteiger charge is -2.14. The van der Waals surface area contributed by atoms with E-state index in [1.54, 1.807) is 0 Å². The molecule has 0 amide bonds. The van der Waals surface area contributed by atoms with Gasteiger partial charge in [-0.3, -0.25) is 0 Å². The fourth-order valence-corrected chi connectivity index (χ4v) is 1.44. The maximum atomic E-state index is 10.9. The minimum absolute atomic E-state index is 0.122. The highest BCUT2D eigenvalue weighted by Crippen LogP contribution is 2.11. The second kappa shape index (κ2) is 4.60. The molecule has 1 unspecified atom stereocenters. The Morgan fingerprint density at radius 3 is 2.80 bits per heavy atom. The van der Waals surface area contributed by atoms with Crippen LogP contribution in [-0.2, 0) is 9.53 Å². The molecule has 1 aliphatic rings. The van der Waals surface area contributed by atoms with Gasteiger partial charge in [0.2, 0.25) is 0 Å². The monoisotopic (exact) mass is 200 g/mol. The van der Waals surface area contributed by atoms with E-state index in [1.807, 2.05) is 48.6 Å². The van der Waals surface area contributed by atoms with Crippen LogP contribution in [-0.4, -0.2) is 12.1 Å². The largest absolute Gasteiger partial charge is 0.455 e. The average Bonchev–Trinajstić information content (AvgIpc) is 2.28. The number of esters is 1. The SMILES string of the molecule is O=C1C=CCC(/C=C\c2ccccc2)O1. The van der Waals surface area contributed by atoms with Crippen LogP contribution in [0.2, 0.25) is 0 Å². The highest BCUT2D eigenvalue weighted by atomic mass is 16.5. The summed E-state index contributed by atoms with van der Waals surface area (Å²) in [5.41, 5.74) is 1.11. The van der Waals surface area contributed by atoms with Gasteiger partial charge < -0.3 is 4.74 Å². The van der Waals surface area contributed by atoms with Gasteiger partial charge in [-0.2, -0.15) is 0 Å². The number of benzene rings is 1. The lowest BCUT2D eigenvalue weighted by Crippen LogP contribution is -2.17. The van der Waals surface area contributed by atoms with Crippen LogP contribution in [0.3, 0.4) is 0 Å². The minimum Gasteiger partial charge on any atom is -0.455 e. The van der Waals surface area contributed by atoms with E-state index in [2.05, 4.69) is 0 Å². The number of hydrogen-bond donors (Lipinski definition) is 0. The smallest absolute Gasteiger partial charge is 0.331 e. The summed E-state index contributed by atoms with van der Waals surface area (Å²) in [6.45, 7) is 0. The third kappa shape index (κ3) is 2.81. The van der Waals surface area contributed by atoms with Crippen LogP contribution in [0.15, 0.2) is 48.6 Å². The van der Waals surface area contributed by atoms with Crippen molar-refractivity contribution in [3.8, 4) is 0 Å². The van der Waals surface area contributed by atoms with Gasteiger partial charge in [0.25, 0.3) is 0 Å². The first kappa shape index (κ1) is 9.71. The van der Waals surface area contributed by atoms with E-state index in [4.69, 9.17) is 4.74 Å². The van der Waals surface area contributed by atoms with E-state index in [-0.39, 0.29) is 12.1 Å². The summed E-state index contributed by atoms with van der Waals surface area (Å²) in [5, 5.41) is 0. The Hall–Kier alpha value is -1.83. The highest BCUT2D eigenvalue weighted by molar-refractivity contribution is 5.83. The van der Waals surface area contributed by atoms with Crippen LogP contribution in [0.25, 0.3) is 6.08 Å². The second-order valence-corrected chi connectivity index (χ2v) is 3.38. The van der Waals surface area contributed by atoms with Crippen molar-refractivity contribution in [2.24, 2.45) is 0 Å². The zero-order chi connectivity index (χ0) is 10.5. The first-order valence-corrected chi connectivity index (χ1v) is 4.95. The summed E-state index contributed by atoms with van der Waals surface area (Å²) in [6.07, 6.45) is 7.82. The lowest BCUT2D eigenvalue weighted by molar-refractivity contribution is -0.141. The van der Waals surface area contributed by atoms with Crippen molar-refractivity contribution in [1.29, 1.82) is 0 Å². The number of carbonyl (C=O) groups excluding carboxylic acids is 1. The summed E-state index contributed by atoms with van der Waals surface area (Å²) < 4.78 is 5.10. The van der Waals surface area contributed by atoms with E-state index in [0.717, 1.165) is 12.0 Å². The molecule has 1 atom stereocenters. The van der Waals surface area contributed by atoms with E-state index in [9.17, 15) is 4.79 Å². The van der Waals surface area contributed by atoms with Crippen LogP contribution in [0.5, 0.6) is 0 Å². The first-order valence-electron chi connectivity index (χ1n) is 4.95. The Kier molecular flexibility index (Phi) is 2.98. The van der Waals surface area contributed by atoms with E-state index in [0.29, 0.717) is 0 Å². The molecule has 76 valence electrons. The Labute approximate surface area is 88.9 Å². The fraction of sp³-hybridized carbons (Fsp3) is 0.154. The predicted molar refractivity (Wildman–Crippen MR) is 59.1 cm³/mol. The molecule has 0 fully saturated rings. The van der Waals surface area contributed by atoms with Crippen LogP contribution >= 0.6 is 0 Å². The van der Waals surface area contributed by atoms with Gasteiger partial charge >= 0.3 is 5.97 Å². The van der Waals surface area contributed by atoms with Gasteiger partial charge in [-0.1, -0.05) is 42.5 Å². The van der Waals surface area contributed by atoms with Crippen molar-refractivity contribution in [1.82, 2.24) is 0 Å². The topological polar surface area (TPSA) is 26.3 Å². The zero-order valence-electron chi connectivity index (χ0n) is 8.30. The molecule has 1 aromatic rings. The van der Waals surface area contributed by atoms with Gasteiger partial charge in [0.1, 0.15) is 6.10 Å². The molecule has 15 heavy (non-hydrogen) atoms. The highest BCUT2D eigenvalue weighted by Gasteiger charge is 2.11. The Bertz CT molecular complexity index is 390.